The Kier molecular flexibility index (Phi) is 2.88. The molecule has 0 aliphatic heterocycles. The highest BCUT2D eigenvalue weighted by atomic mass is 14.7. The Morgan fingerprint density at radius 2 is 1.00 bits per heavy atom. The van der Waals surface area contributed by atoms with Crippen molar-refractivity contribution >= 4 is 0 Å². The predicted molar refractivity (Wildman–Crippen MR) is 90.3 cm³/mol. The summed E-state index contributed by atoms with van der Waals surface area (Å²) >= 11 is 0. The highest BCUT2D eigenvalue weighted by Crippen LogP contribution is 2.69. The Morgan fingerprint density at radius 1 is 0.364 bits per heavy atom. The van der Waals surface area contributed by atoms with Crippen LogP contribution in [0.25, 0.3) is 0 Å². The number of rotatable bonds is 0. The first kappa shape index (κ1) is 13.3. The van der Waals surface area contributed by atoms with Crippen molar-refractivity contribution in [2.24, 2.45) is 59.2 Å². The maximum atomic E-state index is 1.67. The van der Waals surface area contributed by atoms with Crippen molar-refractivity contribution in [1.82, 2.24) is 0 Å². The molecule has 0 saturated heterocycles. The van der Waals surface area contributed by atoms with E-state index in [-0.39, 0.29) is 0 Å². The smallest absolute Gasteiger partial charge is 0.0316 e. The van der Waals surface area contributed by atoms with Gasteiger partial charge in [0.05, 0.1) is 0 Å². The van der Waals surface area contributed by atoms with Crippen LogP contribution in [0.3, 0.4) is 0 Å². The molecule has 0 aromatic carbocycles. The van der Waals surface area contributed by atoms with Crippen LogP contribution in [0.2, 0.25) is 0 Å². The van der Waals surface area contributed by atoms with Gasteiger partial charge in [-0.3, -0.25) is 0 Å². The van der Waals surface area contributed by atoms with E-state index in [1.54, 1.807) is 77.0 Å². The summed E-state index contributed by atoms with van der Waals surface area (Å²) in [6, 6.07) is 0. The summed E-state index contributed by atoms with van der Waals surface area (Å²) in [7, 11) is 0. The van der Waals surface area contributed by atoms with Crippen molar-refractivity contribution in [3.8, 4) is 0 Å². The molecule has 6 rings (SSSR count). The van der Waals surface area contributed by atoms with Gasteiger partial charge in [0.25, 0.3) is 0 Å². The minimum absolute atomic E-state index is 1.17. The van der Waals surface area contributed by atoms with Gasteiger partial charge in [-0.25, -0.2) is 0 Å². The van der Waals surface area contributed by atoms with E-state index in [9.17, 15) is 0 Å². The third kappa shape index (κ3) is 1.61. The summed E-state index contributed by atoms with van der Waals surface area (Å²) in [5.41, 5.74) is 0. The van der Waals surface area contributed by atoms with Crippen LogP contribution in [-0.2, 0) is 0 Å². The maximum absolute atomic E-state index is 1.67. The molecule has 10 unspecified atom stereocenters. The molecule has 122 valence electrons. The van der Waals surface area contributed by atoms with E-state index in [4.69, 9.17) is 0 Å². The minimum Gasteiger partial charge on any atom is -0.0530 e. The lowest BCUT2D eigenvalue weighted by Crippen LogP contribution is -2.57. The SMILES string of the molecule is C1CC2CCC3C4CCCCC4C4CCC5CC(C1)C2C3C54. The lowest BCUT2D eigenvalue weighted by molar-refractivity contribution is -0.152. The van der Waals surface area contributed by atoms with Gasteiger partial charge in [-0.05, 0) is 104 Å². The van der Waals surface area contributed by atoms with Crippen LogP contribution < -0.4 is 0 Å². The average molecular weight is 299 g/mol. The molecule has 0 radical (unpaired) electrons. The highest BCUT2D eigenvalue weighted by Gasteiger charge is 2.62. The van der Waals surface area contributed by atoms with Gasteiger partial charge in [0.15, 0.2) is 0 Å². The van der Waals surface area contributed by atoms with Crippen LogP contribution in [0.15, 0.2) is 0 Å². The van der Waals surface area contributed by atoms with Crippen LogP contribution in [0, 0.1) is 59.2 Å². The van der Waals surface area contributed by atoms with Crippen LogP contribution in [0.5, 0.6) is 0 Å². The molecular weight excluding hydrogens is 264 g/mol. The Labute approximate surface area is 136 Å². The largest absolute Gasteiger partial charge is 0.0530 e. The van der Waals surface area contributed by atoms with E-state index >= 15 is 0 Å². The molecule has 10 atom stereocenters. The van der Waals surface area contributed by atoms with Gasteiger partial charge in [0.2, 0.25) is 0 Å². The second-order valence-electron chi connectivity index (χ2n) is 10.3. The van der Waals surface area contributed by atoms with E-state index < -0.39 is 0 Å². The maximum Gasteiger partial charge on any atom is -0.0316 e. The first-order chi connectivity index (χ1) is 10.9. The van der Waals surface area contributed by atoms with Gasteiger partial charge in [-0.1, -0.05) is 32.1 Å². The molecule has 6 fully saturated rings. The van der Waals surface area contributed by atoms with E-state index in [0.29, 0.717) is 0 Å². The summed E-state index contributed by atoms with van der Waals surface area (Å²) in [4.78, 5) is 0. The minimum atomic E-state index is 1.17. The van der Waals surface area contributed by atoms with Gasteiger partial charge in [0.1, 0.15) is 0 Å². The molecule has 0 spiro atoms. The Morgan fingerprint density at radius 3 is 1.82 bits per heavy atom. The summed E-state index contributed by atoms with van der Waals surface area (Å²) in [6.45, 7) is 0. The molecule has 6 aliphatic carbocycles. The Balaban J connectivity index is 1.44. The molecule has 0 nitrogen and oxygen atoms in total. The molecule has 0 amide bonds. The molecule has 6 saturated carbocycles. The molecule has 0 bridgehead atoms. The summed E-state index contributed by atoms with van der Waals surface area (Å²) in [5.74, 6) is 11.9. The molecule has 0 heterocycles. The fraction of sp³-hybridized carbons (Fsp3) is 1.00. The van der Waals surface area contributed by atoms with Gasteiger partial charge < -0.3 is 0 Å². The first-order valence-electron chi connectivity index (χ1n) is 10.9. The van der Waals surface area contributed by atoms with Crippen LogP contribution in [0.4, 0.5) is 0 Å². The quantitative estimate of drug-likeness (QED) is 0.521. The van der Waals surface area contributed by atoms with Crippen molar-refractivity contribution in [2.75, 3.05) is 0 Å². The predicted octanol–water partition coefficient (Wildman–Crippen LogP) is 5.91. The summed E-state index contributed by atoms with van der Waals surface area (Å²) < 4.78 is 0. The van der Waals surface area contributed by atoms with Crippen LogP contribution >= 0.6 is 0 Å². The van der Waals surface area contributed by atoms with E-state index in [1.807, 2.05) is 0 Å². The van der Waals surface area contributed by atoms with Crippen molar-refractivity contribution in [2.45, 2.75) is 77.0 Å². The van der Waals surface area contributed by atoms with E-state index in [1.165, 1.54) is 59.2 Å². The number of hydrogen-bond acceptors (Lipinski definition) is 0. The number of hydrogen-bond donors (Lipinski definition) is 0. The monoisotopic (exact) mass is 298 g/mol. The van der Waals surface area contributed by atoms with Crippen molar-refractivity contribution in [3.63, 3.8) is 0 Å². The molecule has 0 aromatic heterocycles. The average Bonchev–Trinajstić information content (AvgIpc) is 3.00. The molecular formula is C22H34. The van der Waals surface area contributed by atoms with Crippen molar-refractivity contribution < 1.29 is 0 Å². The molecule has 0 N–H and O–H groups in total. The topological polar surface area (TPSA) is 0 Å². The zero-order chi connectivity index (χ0) is 14.3. The Bertz CT molecular complexity index is 451. The highest BCUT2D eigenvalue weighted by molar-refractivity contribution is 5.11. The van der Waals surface area contributed by atoms with E-state index in [0.717, 1.165) is 0 Å². The van der Waals surface area contributed by atoms with Crippen molar-refractivity contribution in [1.29, 1.82) is 0 Å². The van der Waals surface area contributed by atoms with Crippen LogP contribution in [0.1, 0.15) is 77.0 Å². The van der Waals surface area contributed by atoms with E-state index in [2.05, 4.69) is 0 Å². The fourth-order valence-electron chi connectivity index (χ4n) is 9.73. The zero-order valence-electron chi connectivity index (χ0n) is 14.3. The van der Waals surface area contributed by atoms with Gasteiger partial charge in [-0.2, -0.15) is 0 Å². The summed E-state index contributed by atoms with van der Waals surface area (Å²) in [5, 5.41) is 0. The molecule has 0 heteroatoms. The first-order valence-corrected chi connectivity index (χ1v) is 10.9. The number of fused-ring (bicyclic) bond motifs is 3. The van der Waals surface area contributed by atoms with Crippen molar-refractivity contribution in [3.05, 3.63) is 0 Å². The fourth-order valence-corrected chi connectivity index (χ4v) is 9.73. The summed E-state index contributed by atoms with van der Waals surface area (Å²) in [6.07, 6.45) is 19.4. The second kappa shape index (κ2) is 4.76. The normalized spacial score (nSPS) is 62.2. The zero-order valence-corrected chi connectivity index (χ0v) is 14.3. The third-order valence-corrected chi connectivity index (χ3v) is 9.98. The molecule has 22 heavy (non-hydrogen) atoms. The van der Waals surface area contributed by atoms with Crippen LogP contribution in [-0.4, -0.2) is 0 Å². The Hall–Kier alpha value is 0. The molecule has 6 aliphatic rings. The van der Waals surface area contributed by atoms with Gasteiger partial charge >= 0.3 is 0 Å². The lowest BCUT2D eigenvalue weighted by Gasteiger charge is -2.64. The lowest BCUT2D eigenvalue weighted by atomic mass is 9.41. The second-order valence-corrected chi connectivity index (χ2v) is 10.3. The van der Waals surface area contributed by atoms with Gasteiger partial charge in [0, 0.05) is 0 Å². The van der Waals surface area contributed by atoms with Gasteiger partial charge in [-0.15, -0.1) is 0 Å². The molecule has 0 aromatic rings. The standard InChI is InChI=1S/C22H34/c1-2-7-17-16(6-1)18-11-9-15-12-14-5-3-4-13-8-10-19(17)22(20(13)14)21(15)18/h13-22H,1-12H2. The third-order valence-electron chi connectivity index (χ3n) is 9.98.